The molecule has 0 saturated carbocycles. The standard InChI is InChI=1S/C7H8INO2S/c8-9-12(10,11)6-7-4-2-1-3-5-7/h1-5,9H,6H2. The molecule has 0 aliphatic carbocycles. The molecule has 1 aromatic rings. The summed E-state index contributed by atoms with van der Waals surface area (Å²) in [6.07, 6.45) is 0. The van der Waals surface area contributed by atoms with Gasteiger partial charge in [0.25, 0.3) is 0 Å². The lowest BCUT2D eigenvalue weighted by molar-refractivity contribution is 0.595. The predicted octanol–water partition coefficient (Wildman–Crippen LogP) is 1.46. The molecule has 0 aliphatic heterocycles. The first-order valence-corrected chi connectivity index (χ1v) is 6.01. The second kappa shape index (κ2) is 4.20. The molecular weight excluding hydrogens is 289 g/mol. The van der Waals surface area contributed by atoms with Crippen LogP contribution >= 0.6 is 22.9 Å². The van der Waals surface area contributed by atoms with Crippen LogP contribution in [0.25, 0.3) is 0 Å². The fourth-order valence-corrected chi connectivity index (χ4v) is 1.97. The molecule has 0 heterocycles. The average molecular weight is 297 g/mol. The second-order valence-corrected chi connectivity index (χ2v) is 5.32. The third-order valence-corrected chi connectivity index (χ3v) is 4.28. The van der Waals surface area contributed by atoms with Crippen molar-refractivity contribution in [3.63, 3.8) is 0 Å². The van der Waals surface area contributed by atoms with E-state index in [0.717, 1.165) is 5.56 Å². The van der Waals surface area contributed by atoms with Gasteiger partial charge in [-0.05, 0) is 5.56 Å². The topological polar surface area (TPSA) is 46.2 Å². The van der Waals surface area contributed by atoms with Gasteiger partial charge >= 0.3 is 0 Å². The van der Waals surface area contributed by atoms with Gasteiger partial charge < -0.3 is 0 Å². The van der Waals surface area contributed by atoms with Crippen molar-refractivity contribution in [2.75, 3.05) is 0 Å². The Balaban J connectivity index is 2.78. The van der Waals surface area contributed by atoms with Crippen molar-refractivity contribution < 1.29 is 8.42 Å². The van der Waals surface area contributed by atoms with Crippen LogP contribution in [0.3, 0.4) is 0 Å². The number of nitrogens with one attached hydrogen (secondary N) is 1. The van der Waals surface area contributed by atoms with Crippen molar-refractivity contribution in [3.8, 4) is 0 Å². The first kappa shape index (κ1) is 9.94. The predicted molar refractivity (Wildman–Crippen MR) is 56.2 cm³/mol. The lowest BCUT2D eigenvalue weighted by Crippen LogP contribution is -2.14. The summed E-state index contributed by atoms with van der Waals surface area (Å²) < 4.78 is 24.3. The van der Waals surface area contributed by atoms with Gasteiger partial charge in [-0.15, -0.1) is 0 Å². The highest BCUT2D eigenvalue weighted by Crippen LogP contribution is 2.04. The minimum atomic E-state index is -3.14. The largest absolute Gasteiger partial charge is 0.224 e. The highest BCUT2D eigenvalue weighted by Gasteiger charge is 2.07. The zero-order valence-corrected chi connectivity index (χ0v) is 9.17. The highest BCUT2D eigenvalue weighted by molar-refractivity contribution is 14.1. The Morgan fingerprint density at radius 2 is 1.83 bits per heavy atom. The molecule has 0 amide bonds. The molecule has 0 fully saturated rings. The van der Waals surface area contributed by atoms with Gasteiger partial charge in [0.2, 0.25) is 10.0 Å². The molecule has 0 saturated heterocycles. The Morgan fingerprint density at radius 3 is 2.33 bits per heavy atom. The number of benzene rings is 1. The Morgan fingerprint density at radius 1 is 1.25 bits per heavy atom. The van der Waals surface area contributed by atoms with Gasteiger partial charge in [-0.3, -0.25) is 0 Å². The summed E-state index contributed by atoms with van der Waals surface area (Å²) in [4.78, 5) is 0. The monoisotopic (exact) mass is 297 g/mol. The number of halogens is 1. The number of hydrogen-bond acceptors (Lipinski definition) is 2. The maximum absolute atomic E-state index is 11.1. The van der Waals surface area contributed by atoms with Crippen LogP contribution in [0, 0.1) is 0 Å². The lowest BCUT2D eigenvalue weighted by atomic mass is 10.2. The molecule has 12 heavy (non-hydrogen) atoms. The summed E-state index contributed by atoms with van der Waals surface area (Å²) in [5.41, 5.74) is 0.793. The van der Waals surface area contributed by atoms with E-state index in [1.165, 1.54) is 0 Å². The molecule has 1 aromatic carbocycles. The number of rotatable bonds is 3. The van der Waals surface area contributed by atoms with Gasteiger partial charge in [0.15, 0.2) is 0 Å². The Labute approximate surface area is 85.7 Å². The molecular formula is C7H8INO2S. The Bertz CT molecular complexity index is 336. The molecule has 0 aromatic heterocycles. The van der Waals surface area contributed by atoms with Crippen molar-refractivity contribution in [3.05, 3.63) is 35.9 Å². The zero-order chi connectivity index (χ0) is 9.03. The van der Waals surface area contributed by atoms with Crippen molar-refractivity contribution in [2.24, 2.45) is 0 Å². The van der Waals surface area contributed by atoms with Crippen LogP contribution in [-0.4, -0.2) is 8.42 Å². The van der Waals surface area contributed by atoms with E-state index in [1.807, 2.05) is 18.2 Å². The van der Waals surface area contributed by atoms with Gasteiger partial charge in [-0.1, -0.05) is 30.3 Å². The van der Waals surface area contributed by atoms with E-state index in [0.29, 0.717) is 0 Å². The van der Waals surface area contributed by atoms with Crippen LogP contribution in [0.1, 0.15) is 5.56 Å². The van der Waals surface area contributed by atoms with Crippen molar-refractivity contribution in [1.82, 2.24) is 2.94 Å². The summed E-state index contributed by atoms with van der Waals surface area (Å²) in [5, 5.41) is 0. The Hall–Kier alpha value is -0.140. The average Bonchev–Trinajstić information content (AvgIpc) is 2.06. The summed E-state index contributed by atoms with van der Waals surface area (Å²) in [5.74, 6) is 0.0385. The lowest BCUT2D eigenvalue weighted by Gasteiger charge is -1.99. The first-order valence-electron chi connectivity index (χ1n) is 3.28. The fraction of sp³-hybridized carbons (Fsp3) is 0.143. The van der Waals surface area contributed by atoms with Gasteiger partial charge in [-0.25, -0.2) is 8.42 Å². The van der Waals surface area contributed by atoms with Crippen molar-refractivity contribution >= 4 is 32.9 Å². The molecule has 0 atom stereocenters. The normalized spacial score (nSPS) is 11.4. The molecule has 3 nitrogen and oxygen atoms in total. The quantitative estimate of drug-likeness (QED) is 0.678. The molecule has 1 rings (SSSR count). The van der Waals surface area contributed by atoms with Crippen LogP contribution in [-0.2, 0) is 15.8 Å². The van der Waals surface area contributed by atoms with Crippen molar-refractivity contribution in [1.29, 1.82) is 0 Å². The molecule has 0 radical (unpaired) electrons. The minimum absolute atomic E-state index is 0.0385. The molecule has 5 heteroatoms. The zero-order valence-electron chi connectivity index (χ0n) is 6.20. The SMILES string of the molecule is O=S(=O)(Cc1ccccc1)NI. The molecule has 1 N–H and O–H groups in total. The maximum Gasteiger partial charge on any atom is 0.224 e. The summed E-state index contributed by atoms with van der Waals surface area (Å²) in [7, 11) is -3.14. The summed E-state index contributed by atoms with van der Waals surface area (Å²) >= 11 is 1.62. The van der Waals surface area contributed by atoms with Crippen LogP contribution in [0.2, 0.25) is 0 Å². The molecule has 0 aliphatic rings. The van der Waals surface area contributed by atoms with E-state index in [-0.39, 0.29) is 5.75 Å². The first-order chi connectivity index (χ1) is 5.64. The van der Waals surface area contributed by atoms with Gasteiger partial charge in [-0.2, -0.15) is 2.94 Å². The minimum Gasteiger partial charge on any atom is -0.211 e. The summed E-state index contributed by atoms with van der Waals surface area (Å²) in [6.45, 7) is 0. The maximum atomic E-state index is 11.1. The van der Waals surface area contributed by atoms with E-state index >= 15 is 0 Å². The third kappa shape index (κ3) is 3.08. The second-order valence-electron chi connectivity index (χ2n) is 2.32. The molecule has 0 spiro atoms. The fourth-order valence-electron chi connectivity index (χ4n) is 0.821. The molecule has 66 valence electrons. The van der Waals surface area contributed by atoms with E-state index < -0.39 is 10.0 Å². The van der Waals surface area contributed by atoms with Crippen LogP contribution in [0.4, 0.5) is 0 Å². The Kier molecular flexibility index (Phi) is 3.48. The van der Waals surface area contributed by atoms with Gasteiger partial charge in [0, 0.05) is 22.9 Å². The van der Waals surface area contributed by atoms with Crippen molar-refractivity contribution in [2.45, 2.75) is 5.75 Å². The smallest absolute Gasteiger partial charge is 0.211 e. The van der Waals surface area contributed by atoms with E-state index in [9.17, 15) is 8.42 Å². The molecule has 0 bridgehead atoms. The van der Waals surface area contributed by atoms with Crippen LogP contribution in [0.15, 0.2) is 30.3 Å². The van der Waals surface area contributed by atoms with Crippen LogP contribution in [0.5, 0.6) is 0 Å². The van der Waals surface area contributed by atoms with E-state index in [2.05, 4.69) is 2.94 Å². The number of sulfonamides is 1. The summed E-state index contributed by atoms with van der Waals surface area (Å²) in [6, 6.07) is 9.06. The van der Waals surface area contributed by atoms with Crippen LogP contribution < -0.4 is 2.94 Å². The van der Waals surface area contributed by atoms with E-state index in [1.54, 1.807) is 35.0 Å². The van der Waals surface area contributed by atoms with E-state index in [4.69, 9.17) is 0 Å². The highest BCUT2D eigenvalue weighted by atomic mass is 127. The third-order valence-electron chi connectivity index (χ3n) is 1.32. The van der Waals surface area contributed by atoms with Gasteiger partial charge in [0.05, 0.1) is 5.75 Å². The van der Waals surface area contributed by atoms with Gasteiger partial charge in [0.1, 0.15) is 0 Å². The number of hydrogen-bond donors (Lipinski definition) is 1. The molecule has 0 unspecified atom stereocenters.